The van der Waals surface area contributed by atoms with Crippen molar-refractivity contribution in [3.8, 4) is 0 Å². The molecule has 160 valence electrons. The summed E-state index contributed by atoms with van der Waals surface area (Å²) in [5, 5.41) is 0. The zero-order chi connectivity index (χ0) is 20.9. The van der Waals surface area contributed by atoms with E-state index in [0.29, 0.717) is 18.9 Å². The third-order valence-corrected chi connectivity index (χ3v) is 6.58. The van der Waals surface area contributed by atoms with E-state index >= 15 is 0 Å². The van der Waals surface area contributed by atoms with Crippen molar-refractivity contribution in [3.63, 3.8) is 0 Å². The molecule has 1 amide bonds. The lowest BCUT2D eigenvalue weighted by Crippen LogP contribution is -2.56. The molecule has 0 N–H and O–H groups in total. The first-order valence-corrected chi connectivity index (χ1v) is 11.2. The summed E-state index contributed by atoms with van der Waals surface area (Å²) in [5.41, 5.74) is 3.70. The molecule has 4 rings (SSSR count). The summed E-state index contributed by atoms with van der Waals surface area (Å²) in [6.45, 7) is 8.07. The number of nitrogens with zero attached hydrogens (tertiary/aromatic N) is 3. The summed E-state index contributed by atoms with van der Waals surface area (Å²) in [6.07, 6.45) is 3.42. The Morgan fingerprint density at radius 1 is 1.00 bits per heavy atom. The van der Waals surface area contributed by atoms with Gasteiger partial charge in [0.2, 0.25) is 5.91 Å². The summed E-state index contributed by atoms with van der Waals surface area (Å²) >= 11 is 0. The van der Waals surface area contributed by atoms with E-state index in [9.17, 15) is 9.18 Å². The fourth-order valence-corrected chi connectivity index (χ4v) is 4.79. The lowest BCUT2D eigenvalue weighted by molar-refractivity contribution is -0.133. The fraction of sp³-hybridized carbons (Fsp3) is 0.480. The number of rotatable bonds is 5. The van der Waals surface area contributed by atoms with Crippen LogP contribution in [0.4, 0.5) is 10.1 Å². The van der Waals surface area contributed by atoms with Gasteiger partial charge in [-0.05, 0) is 55.5 Å². The van der Waals surface area contributed by atoms with E-state index in [4.69, 9.17) is 0 Å². The first kappa shape index (κ1) is 20.9. The molecule has 0 spiro atoms. The van der Waals surface area contributed by atoms with Gasteiger partial charge in [-0.1, -0.05) is 30.3 Å². The van der Waals surface area contributed by atoms with Gasteiger partial charge in [0.1, 0.15) is 5.82 Å². The zero-order valence-corrected chi connectivity index (χ0v) is 17.9. The van der Waals surface area contributed by atoms with Gasteiger partial charge in [-0.15, -0.1) is 0 Å². The fourth-order valence-electron chi connectivity index (χ4n) is 4.79. The minimum atomic E-state index is -0.230. The van der Waals surface area contributed by atoms with Crippen LogP contribution in [0.1, 0.15) is 30.4 Å². The highest BCUT2D eigenvalue weighted by molar-refractivity contribution is 5.76. The second kappa shape index (κ2) is 9.61. The third kappa shape index (κ3) is 5.01. The monoisotopic (exact) mass is 409 g/mol. The number of aryl methyl sites for hydroxylation is 2. The number of para-hydroxylation sites is 1. The molecule has 1 atom stereocenters. The van der Waals surface area contributed by atoms with Crippen molar-refractivity contribution in [1.82, 2.24) is 9.80 Å². The number of likely N-dealkylation sites (tertiary alicyclic amines) is 1. The average molecular weight is 410 g/mol. The molecule has 2 aromatic rings. The Balaban J connectivity index is 1.27. The highest BCUT2D eigenvalue weighted by Gasteiger charge is 2.30. The van der Waals surface area contributed by atoms with Crippen LogP contribution in [0, 0.1) is 12.7 Å². The quantitative estimate of drug-likeness (QED) is 0.750. The standard InChI is InChI=1S/C25H32FN3O/c1-20-5-2-3-7-24(20)28-17-15-27(16-18-28)23-6-4-14-29(19-23)25(30)13-10-21-8-11-22(26)12-9-21/h2-3,5,7-9,11-12,23H,4,6,10,13-19H2,1H3. The van der Waals surface area contributed by atoms with Gasteiger partial charge in [0, 0.05) is 57.4 Å². The molecule has 2 aromatic carbocycles. The molecule has 5 heteroatoms. The van der Waals surface area contributed by atoms with Crippen LogP contribution in [0.25, 0.3) is 0 Å². The van der Waals surface area contributed by atoms with Gasteiger partial charge < -0.3 is 9.80 Å². The molecular weight excluding hydrogens is 377 g/mol. The lowest BCUT2D eigenvalue weighted by atomic mass is 10.0. The van der Waals surface area contributed by atoms with E-state index in [-0.39, 0.29) is 11.7 Å². The summed E-state index contributed by atoms with van der Waals surface area (Å²) in [5.74, 6) is -0.00552. The van der Waals surface area contributed by atoms with Gasteiger partial charge in [-0.3, -0.25) is 9.69 Å². The van der Waals surface area contributed by atoms with E-state index < -0.39 is 0 Å². The molecule has 0 radical (unpaired) electrons. The summed E-state index contributed by atoms with van der Waals surface area (Å²) in [7, 11) is 0. The van der Waals surface area contributed by atoms with Crippen molar-refractivity contribution in [1.29, 1.82) is 0 Å². The molecule has 0 saturated carbocycles. The van der Waals surface area contributed by atoms with Crippen LogP contribution in [-0.2, 0) is 11.2 Å². The van der Waals surface area contributed by atoms with E-state index in [1.54, 1.807) is 12.1 Å². The van der Waals surface area contributed by atoms with Gasteiger partial charge >= 0.3 is 0 Å². The van der Waals surface area contributed by atoms with Crippen molar-refractivity contribution < 1.29 is 9.18 Å². The summed E-state index contributed by atoms with van der Waals surface area (Å²) in [4.78, 5) is 19.9. The van der Waals surface area contributed by atoms with Crippen molar-refractivity contribution >= 4 is 11.6 Å². The van der Waals surface area contributed by atoms with Crippen LogP contribution >= 0.6 is 0 Å². The Morgan fingerprint density at radius 2 is 1.73 bits per heavy atom. The second-order valence-electron chi connectivity index (χ2n) is 8.57. The molecule has 30 heavy (non-hydrogen) atoms. The van der Waals surface area contributed by atoms with Crippen LogP contribution in [0.3, 0.4) is 0 Å². The number of carbonyl (C=O) groups is 1. The van der Waals surface area contributed by atoms with E-state index in [1.165, 1.54) is 29.8 Å². The number of hydrogen-bond donors (Lipinski definition) is 0. The van der Waals surface area contributed by atoms with Gasteiger partial charge in [-0.2, -0.15) is 0 Å². The molecule has 0 aliphatic carbocycles. The summed E-state index contributed by atoms with van der Waals surface area (Å²) in [6, 6.07) is 15.5. The number of benzene rings is 2. The number of amides is 1. The van der Waals surface area contributed by atoms with Crippen LogP contribution in [0.15, 0.2) is 48.5 Å². The molecular formula is C25H32FN3O. The first-order chi connectivity index (χ1) is 14.6. The van der Waals surface area contributed by atoms with E-state index in [0.717, 1.165) is 51.3 Å². The maximum atomic E-state index is 13.1. The molecule has 4 nitrogen and oxygen atoms in total. The van der Waals surface area contributed by atoms with Crippen molar-refractivity contribution in [2.75, 3.05) is 44.2 Å². The van der Waals surface area contributed by atoms with Crippen LogP contribution < -0.4 is 4.90 Å². The lowest BCUT2D eigenvalue weighted by Gasteiger charge is -2.44. The van der Waals surface area contributed by atoms with Gasteiger partial charge in [0.25, 0.3) is 0 Å². The molecule has 2 heterocycles. The number of piperazine rings is 1. The molecule has 2 fully saturated rings. The molecule has 2 saturated heterocycles. The minimum absolute atomic E-state index is 0.225. The van der Waals surface area contributed by atoms with Crippen molar-refractivity contribution in [2.45, 2.75) is 38.6 Å². The Hall–Kier alpha value is -2.40. The second-order valence-corrected chi connectivity index (χ2v) is 8.57. The Kier molecular flexibility index (Phi) is 6.68. The highest BCUT2D eigenvalue weighted by atomic mass is 19.1. The number of anilines is 1. The third-order valence-electron chi connectivity index (χ3n) is 6.58. The van der Waals surface area contributed by atoms with Crippen LogP contribution in [0.5, 0.6) is 0 Å². The van der Waals surface area contributed by atoms with Gasteiger partial charge in [0.05, 0.1) is 0 Å². The average Bonchev–Trinajstić information content (AvgIpc) is 2.79. The summed E-state index contributed by atoms with van der Waals surface area (Å²) < 4.78 is 13.1. The molecule has 0 bridgehead atoms. The maximum absolute atomic E-state index is 13.1. The molecule has 0 aromatic heterocycles. The first-order valence-electron chi connectivity index (χ1n) is 11.2. The number of carbonyl (C=O) groups excluding carboxylic acids is 1. The van der Waals surface area contributed by atoms with Crippen LogP contribution in [0.2, 0.25) is 0 Å². The van der Waals surface area contributed by atoms with Gasteiger partial charge in [0.15, 0.2) is 0 Å². The topological polar surface area (TPSA) is 26.8 Å². The van der Waals surface area contributed by atoms with E-state index in [2.05, 4.69) is 41.0 Å². The Labute approximate surface area is 179 Å². The SMILES string of the molecule is Cc1ccccc1N1CCN(C2CCCN(C(=O)CCc3ccc(F)cc3)C2)CC1. The van der Waals surface area contributed by atoms with Crippen molar-refractivity contribution in [3.05, 3.63) is 65.5 Å². The number of hydrogen-bond acceptors (Lipinski definition) is 3. The predicted molar refractivity (Wildman–Crippen MR) is 119 cm³/mol. The van der Waals surface area contributed by atoms with Gasteiger partial charge in [-0.25, -0.2) is 4.39 Å². The zero-order valence-electron chi connectivity index (χ0n) is 17.9. The maximum Gasteiger partial charge on any atom is 0.222 e. The smallest absolute Gasteiger partial charge is 0.222 e. The predicted octanol–water partition coefficient (Wildman–Crippen LogP) is 3.88. The van der Waals surface area contributed by atoms with Crippen molar-refractivity contribution in [2.24, 2.45) is 0 Å². The molecule has 1 unspecified atom stereocenters. The Morgan fingerprint density at radius 3 is 2.47 bits per heavy atom. The number of piperidine rings is 1. The number of halogens is 1. The minimum Gasteiger partial charge on any atom is -0.369 e. The highest BCUT2D eigenvalue weighted by Crippen LogP contribution is 2.23. The van der Waals surface area contributed by atoms with Crippen LogP contribution in [-0.4, -0.2) is 61.0 Å². The normalized spacial score (nSPS) is 20.4. The Bertz CT molecular complexity index is 846. The van der Waals surface area contributed by atoms with E-state index in [1.807, 2.05) is 4.90 Å². The molecule has 2 aliphatic heterocycles. The molecule has 2 aliphatic rings. The largest absolute Gasteiger partial charge is 0.369 e.